The number of nitrogens with two attached hydrogens (primary N) is 1. The van der Waals surface area contributed by atoms with E-state index in [2.05, 4.69) is 6.92 Å². The lowest BCUT2D eigenvalue weighted by molar-refractivity contribution is -0.137. The van der Waals surface area contributed by atoms with Crippen molar-refractivity contribution < 1.29 is 9.53 Å². The molecule has 2 aliphatic rings. The average Bonchev–Trinajstić information content (AvgIpc) is 2.56. The molecule has 3 unspecified atom stereocenters. The Morgan fingerprint density at radius 1 is 1.31 bits per heavy atom. The van der Waals surface area contributed by atoms with E-state index < -0.39 is 0 Å². The van der Waals surface area contributed by atoms with Crippen LogP contribution in [0.1, 0.15) is 32.6 Å². The zero-order valence-electron chi connectivity index (χ0n) is 10.0. The number of carbonyl (C=O) groups is 1. The molecule has 0 aromatic heterocycles. The lowest BCUT2D eigenvalue weighted by Crippen LogP contribution is -2.47. The number of nitrogens with zero attached hydrogens (tertiary/aromatic N) is 1. The highest BCUT2D eigenvalue weighted by atomic mass is 16.5. The van der Waals surface area contributed by atoms with Crippen molar-refractivity contribution in [2.75, 3.05) is 19.8 Å². The molecule has 2 saturated heterocycles. The molecule has 3 atom stereocenters. The molecule has 0 spiro atoms. The van der Waals surface area contributed by atoms with Gasteiger partial charge in [0.05, 0.1) is 19.1 Å². The van der Waals surface area contributed by atoms with Crippen molar-refractivity contribution in [2.45, 2.75) is 44.7 Å². The van der Waals surface area contributed by atoms with Crippen LogP contribution in [0.5, 0.6) is 0 Å². The van der Waals surface area contributed by atoms with Gasteiger partial charge in [-0.1, -0.05) is 12.8 Å². The third-order valence-electron chi connectivity index (χ3n) is 3.78. The van der Waals surface area contributed by atoms with Gasteiger partial charge in [-0.15, -0.1) is 0 Å². The maximum atomic E-state index is 12.3. The van der Waals surface area contributed by atoms with Gasteiger partial charge in [0.2, 0.25) is 5.91 Å². The molecule has 16 heavy (non-hydrogen) atoms. The maximum Gasteiger partial charge on any atom is 0.229 e. The van der Waals surface area contributed by atoms with Crippen molar-refractivity contribution in [3.63, 3.8) is 0 Å². The Morgan fingerprint density at radius 2 is 2.12 bits per heavy atom. The summed E-state index contributed by atoms with van der Waals surface area (Å²) in [5.74, 6) is 0.0972. The molecule has 0 aromatic carbocycles. The zero-order valence-corrected chi connectivity index (χ0v) is 10.0. The minimum absolute atomic E-state index is 0.108. The van der Waals surface area contributed by atoms with Crippen LogP contribution in [0.25, 0.3) is 0 Å². The average molecular weight is 226 g/mol. The number of carbonyl (C=O) groups excluding carboxylic acids is 1. The Balaban J connectivity index is 2.01. The minimum Gasteiger partial charge on any atom is -0.379 e. The van der Waals surface area contributed by atoms with E-state index in [1.807, 2.05) is 4.90 Å². The summed E-state index contributed by atoms with van der Waals surface area (Å²) in [5, 5.41) is 0. The molecule has 4 nitrogen and oxygen atoms in total. The molecule has 1 amide bonds. The van der Waals surface area contributed by atoms with E-state index in [4.69, 9.17) is 10.5 Å². The summed E-state index contributed by atoms with van der Waals surface area (Å²) < 4.78 is 5.28. The van der Waals surface area contributed by atoms with Gasteiger partial charge in [0.1, 0.15) is 0 Å². The lowest BCUT2D eigenvalue weighted by atomic mass is 10.0. The van der Waals surface area contributed by atoms with Crippen LogP contribution in [0.4, 0.5) is 0 Å². The second-order valence-corrected chi connectivity index (χ2v) is 5.04. The molecule has 2 heterocycles. The van der Waals surface area contributed by atoms with Gasteiger partial charge in [0.25, 0.3) is 0 Å². The van der Waals surface area contributed by atoms with E-state index in [-0.39, 0.29) is 17.9 Å². The fourth-order valence-corrected chi connectivity index (χ4v) is 2.64. The van der Waals surface area contributed by atoms with Crippen LogP contribution in [-0.2, 0) is 9.53 Å². The first-order chi connectivity index (χ1) is 7.70. The molecule has 2 fully saturated rings. The van der Waals surface area contributed by atoms with Gasteiger partial charge in [0.15, 0.2) is 0 Å². The van der Waals surface area contributed by atoms with Crippen molar-refractivity contribution in [2.24, 2.45) is 11.7 Å². The van der Waals surface area contributed by atoms with Gasteiger partial charge in [-0.3, -0.25) is 4.79 Å². The summed E-state index contributed by atoms with van der Waals surface area (Å²) in [5.41, 5.74) is 5.90. The smallest absolute Gasteiger partial charge is 0.229 e. The number of rotatable bonds is 1. The highest BCUT2D eigenvalue weighted by Gasteiger charge is 2.35. The van der Waals surface area contributed by atoms with E-state index in [1.54, 1.807) is 0 Å². The standard InChI is InChI=1S/C12H22N2O2/c1-9-5-3-2-4-6-14(9)12(15)10-7-16-8-11(10)13/h9-11H,2-8,13H2,1H3. The topological polar surface area (TPSA) is 55.6 Å². The van der Waals surface area contributed by atoms with E-state index in [0.29, 0.717) is 19.3 Å². The van der Waals surface area contributed by atoms with Crippen molar-refractivity contribution in [3.05, 3.63) is 0 Å². The molecule has 0 saturated carbocycles. The summed E-state index contributed by atoms with van der Waals surface area (Å²) in [6.45, 7) is 4.07. The second-order valence-electron chi connectivity index (χ2n) is 5.04. The molecule has 0 bridgehead atoms. The lowest BCUT2D eigenvalue weighted by Gasteiger charge is -2.30. The van der Waals surface area contributed by atoms with E-state index in [9.17, 15) is 4.79 Å². The molecular weight excluding hydrogens is 204 g/mol. The minimum atomic E-state index is -0.111. The third kappa shape index (κ3) is 2.38. The maximum absolute atomic E-state index is 12.3. The summed E-state index contributed by atoms with van der Waals surface area (Å²) in [7, 11) is 0. The molecule has 4 heteroatoms. The van der Waals surface area contributed by atoms with E-state index >= 15 is 0 Å². The highest BCUT2D eigenvalue weighted by molar-refractivity contribution is 5.80. The monoisotopic (exact) mass is 226 g/mol. The SMILES string of the molecule is CC1CCCCCN1C(=O)C1COCC1N. The number of amides is 1. The summed E-state index contributed by atoms with van der Waals surface area (Å²) in [6, 6.07) is 0.255. The first kappa shape index (κ1) is 11.9. The van der Waals surface area contributed by atoms with Gasteiger partial charge in [-0.05, 0) is 19.8 Å². The van der Waals surface area contributed by atoms with Gasteiger partial charge in [-0.2, -0.15) is 0 Å². The van der Waals surface area contributed by atoms with Crippen molar-refractivity contribution in [1.29, 1.82) is 0 Å². The van der Waals surface area contributed by atoms with Crippen molar-refractivity contribution >= 4 is 5.91 Å². The molecule has 0 radical (unpaired) electrons. The number of hydrogen-bond donors (Lipinski definition) is 1. The van der Waals surface area contributed by atoms with Crippen LogP contribution in [0.3, 0.4) is 0 Å². The van der Waals surface area contributed by atoms with Crippen molar-refractivity contribution in [1.82, 2.24) is 4.90 Å². The van der Waals surface area contributed by atoms with Crippen LogP contribution < -0.4 is 5.73 Å². The summed E-state index contributed by atoms with van der Waals surface area (Å²) in [6.07, 6.45) is 4.72. The molecule has 0 aromatic rings. The number of ether oxygens (including phenoxy) is 1. The summed E-state index contributed by atoms with van der Waals surface area (Å²) in [4.78, 5) is 14.4. The predicted molar refractivity (Wildman–Crippen MR) is 61.9 cm³/mol. The molecular formula is C12H22N2O2. The zero-order chi connectivity index (χ0) is 11.5. The number of hydrogen-bond acceptors (Lipinski definition) is 3. The Hall–Kier alpha value is -0.610. The highest BCUT2D eigenvalue weighted by Crippen LogP contribution is 2.21. The number of likely N-dealkylation sites (tertiary alicyclic amines) is 1. The second kappa shape index (κ2) is 5.15. The van der Waals surface area contributed by atoms with Crippen LogP contribution in [0.15, 0.2) is 0 Å². The first-order valence-electron chi connectivity index (χ1n) is 6.34. The third-order valence-corrected chi connectivity index (χ3v) is 3.78. The predicted octanol–water partition coefficient (Wildman–Crippen LogP) is 0.751. The van der Waals surface area contributed by atoms with Gasteiger partial charge in [-0.25, -0.2) is 0 Å². The van der Waals surface area contributed by atoms with Crippen LogP contribution in [0, 0.1) is 5.92 Å². The molecule has 2 aliphatic heterocycles. The quantitative estimate of drug-likeness (QED) is 0.718. The fourth-order valence-electron chi connectivity index (χ4n) is 2.64. The normalized spacial score (nSPS) is 36.1. The molecule has 2 rings (SSSR count). The fraction of sp³-hybridized carbons (Fsp3) is 0.917. The van der Waals surface area contributed by atoms with Crippen LogP contribution in [0.2, 0.25) is 0 Å². The largest absolute Gasteiger partial charge is 0.379 e. The molecule has 2 N–H and O–H groups in total. The Bertz CT molecular complexity index is 257. The van der Waals surface area contributed by atoms with Gasteiger partial charge < -0.3 is 15.4 Å². The van der Waals surface area contributed by atoms with E-state index in [1.165, 1.54) is 12.8 Å². The first-order valence-corrected chi connectivity index (χ1v) is 6.34. The Kier molecular flexibility index (Phi) is 3.82. The summed E-state index contributed by atoms with van der Waals surface area (Å²) >= 11 is 0. The van der Waals surface area contributed by atoms with E-state index in [0.717, 1.165) is 19.4 Å². The van der Waals surface area contributed by atoms with Gasteiger partial charge >= 0.3 is 0 Å². The molecule has 92 valence electrons. The van der Waals surface area contributed by atoms with Crippen molar-refractivity contribution in [3.8, 4) is 0 Å². The Morgan fingerprint density at radius 3 is 2.81 bits per heavy atom. The molecule has 0 aliphatic carbocycles. The van der Waals surface area contributed by atoms with Crippen LogP contribution in [-0.4, -0.2) is 42.6 Å². The van der Waals surface area contributed by atoms with Crippen LogP contribution >= 0.6 is 0 Å². The van der Waals surface area contributed by atoms with Gasteiger partial charge in [0, 0.05) is 18.6 Å². The Labute approximate surface area is 97.1 Å².